The van der Waals surface area contributed by atoms with E-state index in [-0.39, 0.29) is 36.0 Å². The minimum Gasteiger partial charge on any atom is -0.494 e. The van der Waals surface area contributed by atoms with Crippen molar-refractivity contribution in [3.05, 3.63) is 34.7 Å². The van der Waals surface area contributed by atoms with E-state index >= 15 is 0 Å². The fourth-order valence-electron chi connectivity index (χ4n) is 2.03. The number of benzene rings is 1. The van der Waals surface area contributed by atoms with Gasteiger partial charge in [0, 0.05) is 13.1 Å². The molecule has 6 nitrogen and oxygen atoms in total. The second-order valence-corrected chi connectivity index (χ2v) is 6.08. The maximum atomic E-state index is 12.3. The van der Waals surface area contributed by atoms with Gasteiger partial charge in [-0.15, -0.1) is 11.6 Å². The zero-order valence-corrected chi connectivity index (χ0v) is 14.7. The molecule has 0 bridgehead atoms. The number of ether oxygens (including phenoxy) is 1. The zero-order valence-electron chi connectivity index (χ0n) is 13.1. The monoisotopic (exact) mass is 368 g/mol. The largest absolute Gasteiger partial charge is 0.494 e. The van der Waals surface area contributed by atoms with Crippen LogP contribution in [0.2, 0.25) is 0 Å². The van der Waals surface area contributed by atoms with Crippen LogP contribution in [0.3, 0.4) is 0 Å². The molecule has 1 saturated heterocycles. The van der Waals surface area contributed by atoms with Gasteiger partial charge < -0.3 is 10.1 Å². The smallest absolute Gasteiger partial charge is 0.293 e. The molecule has 1 aliphatic heterocycles. The van der Waals surface area contributed by atoms with Crippen LogP contribution in [0.1, 0.15) is 12.5 Å². The van der Waals surface area contributed by atoms with Crippen LogP contribution in [0.25, 0.3) is 6.08 Å². The number of halogens is 1. The Bertz CT molecular complexity index is 661. The third-order valence-corrected chi connectivity index (χ3v) is 4.29. The fourth-order valence-corrected chi connectivity index (χ4v) is 2.98. The summed E-state index contributed by atoms with van der Waals surface area (Å²) in [6.45, 7) is 2.78. The molecule has 24 heavy (non-hydrogen) atoms. The average molecular weight is 369 g/mol. The summed E-state index contributed by atoms with van der Waals surface area (Å²) in [5, 5.41) is 2.17. The van der Waals surface area contributed by atoms with Gasteiger partial charge >= 0.3 is 0 Å². The maximum absolute atomic E-state index is 12.3. The van der Waals surface area contributed by atoms with Crippen LogP contribution in [0, 0.1) is 0 Å². The molecule has 2 rings (SSSR count). The molecule has 1 aromatic carbocycles. The highest BCUT2D eigenvalue weighted by Crippen LogP contribution is 2.32. The predicted octanol–water partition coefficient (Wildman–Crippen LogP) is 2.48. The summed E-state index contributed by atoms with van der Waals surface area (Å²) in [6, 6.07) is 7.25. The lowest BCUT2D eigenvalue weighted by atomic mass is 10.2. The molecule has 1 N–H and O–H groups in total. The number of carbonyl (C=O) groups is 3. The number of hydrogen-bond acceptors (Lipinski definition) is 5. The number of rotatable bonds is 7. The Balaban J connectivity index is 2.00. The van der Waals surface area contributed by atoms with Gasteiger partial charge in [-0.2, -0.15) is 0 Å². The summed E-state index contributed by atoms with van der Waals surface area (Å²) in [6.07, 6.45) is 1.66. The Hall–Kier alpha value is -1.99. The quantitative estimate of drug-likeness (QED) is 0.591. The third kappa shape index (κ3) is 4.75. The van der Waals surface area contributed by atoms with E-state index in [9.17, 15) is 14.4 Å². The Labute approximate surface area is 149 Å². The van der Waals surface area contributed by atoms with E-state index in [0.717, 1.165) is 28.0 Å². The van der Waals surface area contributed by atoms with E-state index in [1.807, 2.05) is 19.1 Å². The molecular formula is C16H17ClN2O4S. The topological polar surface area (TPSA) is 75.7 Å². The number of nitrogens with one attached hydrogen (secondary N) is 1. The van der Waals surface area contributed by atoms with Gasteiger partial charge in [-0.3, -0.25) is 19.3 Å². The summed E-state index contributed by atoms with van der Waals surface area (Å²) in [7, 11) is 0. The van der Waals surface area contributed by atoms with Crippen LogP contribution in [-0.4, -0.2) is 47.5 Å². The highest BCUT2D eigenvalue weighted by Gasteiger charge is 2.34. The molecule has 1 heterocycles. The van der Waals surface area contributed by atoms with Crippen LogP contribution in [0.15, 0.2) is 29.2 Å². The minimum absolute atomic E-state index is 0.119. The molecule has 0 unspecified atom stereocenters. The van der Waals surface area contributed by atoms with Crippen LogP contribution in [0.4, 0.5) is 4.79 Å². The normalized spacial score (nSPS) is 15.9. The summed E-state index contributed by atoms with van der Waals surface area (Å²) in [5.41, 5.74) is 0.805. The maximum Gasteiger partial charge on any atom is 0.293 e. The lowest BCUT2D eigenvalue weighted by molar-refractivity contribution is -0.123. The lowest BCUT2D eigenvalue weighted by Crippen LogP contribution is -2.37. The van der Waals surface area contributed by atoms with Gasteiger partial charge in [0.15, 0.2) is 0 Å². The summed E-state index contributed by atoms with van der Waals surface area (Å²) in [5.74, 6) is -0.107. The van der Waals surface area contributed by atoms with Gasteiger partial charge in [-0.1, -0.05) is 12.1 Å². The lowest BCUT2D eigenvalue weighted by Gasteiger charge is -2.12. The van der Waals surface area contributed by atoms with E-state index < -0.39 is 0 Å². The molecule has 0 atom stereocenters. The van der Waals surface area contributed by atoms with Crippen LogP contribution in [-0.2, 0) is 9.59 Å². The minimum atomic E-state index is -0.362. The average Bonchev–Trinajstić information content (AvgIpc) is 2.84. The molecule has 0 aromatic heterocycles. The number of carbonyl (C=O) groups excluding carboxylic acids is 3. The first-order valence-electron chi connectivity index (χ1n) is 7.36. The van der Waals surface area contributed by atoms with E-state index in [1.54, 1.807) is 18.2 Å². The second kappa shape index (κ2) is 8.75. The van der Waals surface area contributed by atoms with Crippen molar-refractivity contribution in [2.45, 2.75) is 6.92 Å². The number of nitrogens with zero attached hydrogens (tertiary/aromatic N) is 1. The van der Waals surface area contributed by atoms with Crippen molar-refractivity contribution in [2.75, 3.05) is 25.6 Å². The standard InChI is InChI=1S/C16H17ClN2O4S/c1-2-23-12-5-3-11(4-6-12)9-13-15(21)19(16(22)24-13)8-7-18-14(20)10-17/h3-6,9H,2,7-8,10H2,1H3,(H,18,20). The number of thioether (sulfide) groups is 1. The second-order valence-electron chi connectivity index (χ2n) is 4.82. The van der Waals surface area contributed by atoms with Crippen LogP contribution in [0.5, 0.6) is 5.75 Å². The van der Waals surface area contributed by atoms with E-state index in [4.69, 9.17) is 16.3 Å². The molecular weight excluding hydrogens is 352 g/mol. The van der Waals surface area contributed by atoms with E-state index in [2.05, 4.69) is 5.32 Å². The van der Waals surface area contributed by atoms with Gasteiger partial charge in [0.25, 0.3) is 11.1 Å². The zero-order chi connectivity index (χ0) is 17.5. The van der Waals surface area contributed by atoms with E-state index in [1.165, 1.54) is 0 Å². The first-order chi connectivity index (χ1) is 11.5. The molecule has 128 valence electrons. The number of imide groups is 1. The molecule has 1 aromatic rings. The Kier molecular flexibility index (Phi) is 6.69. The van der Waals surface area contributed by atoms with Gasteiger partial charge in [-0.25, -0.2) is 0 Å². The van der Waals surface area contributed by atoms with Crippen molar-refractivity contribution in [3.8, 4) is 5.75 Å². The van der Waals surface area contributed by atoms with Gasteiger partial charge in [0.1, 0.15) is 11.6 Å². The highest BCUT2D eigenvalue weighted by atomic mass is 35.5. The molecule has 3 amide bonds. The first-order valence-corrected chi connectivity index (χ1v) is 8.71. The Morgan fingerprint density at radius 2 is 2.04 bits per heavy atom. The summed E-state index contributed by atoms with van der Waals surface area (Å²) < 4.78 is 5.36. The van der Waals surface area contributed by atoms with Gasteiger partial charge in [-0.05, 0) is 42.5 Å². The molecule has 0 saturated carbocycles. The van der Waals surface area contributed by atoms with Crippen molar-refractivity contribution in [1.29, 1.82) is 0 Å². The van der Waals surface area contributed by atoms with Crippen molar-refractivity contribution in [1.82, 2.24) is 10.2 Å². The van der Waals surface area contributed by atoms with Crippen LogP contribution >= 0.6 is 23.4 Å². The van der Waals surface area contributed by atoms with Crippen molar-refractivity contribution in [2.24, 2.45) is 0 Å². The van der Waals surface area contributed by atoms with Gasteiger partial charge in [0.2, 0.25) is 5.91 Å². The highest BCUT2D eigenvalue weighted by molar-refractivity contribution is 8.18. The molecule has 1 fully saturated rings. The number of alkyl halides is 1. The third-order valence-electron chi connectivity index (χ3n) is 3.14. The first kappa shape index (κ1) is 18.4. The van der Waals surface area contributed by atoms with E-state index in [0.29, 0.717) is 11.5 Å². The molecule has 0 aliphatic carbocycles. The summed E-state index contributed by atoms with van der Waals surface area (Å²) >= 11 is 6.25. The molecule has 8 heteroatoms. The predicted molar refractivity (Wildman–Crippen MR) is 94.0 cm³/mol. The van der Waals surface area contributed by atoms with Crippen molar-refractivity contribution in [3.63, 3.8) is 0 Å². The number of amides is 3. The molecule has 0 radical (unpaired) electrons. The van der Waals surface area contributed by atoms with Crippen molar-refractivity contribution >= 4 is 46.5 Å². The SMILES string of the molecule is CCOc1ccc(C=C2SC(=O)N(CCNC(=O)CCl)C2=O)cc1. The summed E-state index contributed by atoms with van der Waals surface area (Å²) in [4.78, 5) is 36.8. The number of hydrogen-bond donors (Lipinski definition) is 1. The fraction of sp³-hybridized carbons (Fsp3) is 0.312. The molecule has 1 aliphatic rings. The molecule has 0 spiro atoms. The Morgan fingerprint density at radius 1 is 1.33 bits per heavy atom. The van der Waals surface area contributed by atoms with Gasteiger partial charge in [0.05, 0.1) is 11.5 Å². The Morgan fingerprint density at radius 3 is 2.67 bits per heavy atom. The van der Waals surface area contributed by atoms with Crippen LogP contribution < -0.4 is 10.1 Å². The van der Waals surface area contributed by atoms with Crippen molar-refractivity contribution < 1.29 is 19.1 Å².